The van der Waals surface area contributed by atoms with E-state index in [1.165, 1.54) is 11.8 Å². The second-order valence-corrected chi connectivity index (χ2v) is 9.18. The highest BCUT2D eigenvalue weighted by Gasteiger charge is 2.21. The van der Waals surface area contributed by atoms with Crippen LogP contribution in [0.3, 0.4) is 0 Å². The molecule has 0 spiro atoms. The molecule has 0 aliphatic rings. The maximum absolute atomic E-state index is 12.8. The number of methoxy groups -OCH3 is 2. The summed E-state index contributed by atoms with van der Waals surface area (Å²) in [7, 11) is 3.23. The van der Waals surface area contributed by atoms with E-state index in [1.807, 2.05) is 78.9 Å². The monoisotopic (exact) mass is 504 g/mol. The third kappa shape index (κ3) is 6.65. The molecule has 0 aliphatic heterocycles. The summed E-state index contributed by atoms with van der Waals surface area (Å²) in [6.45, 7) is 0.130. The molecule has 2 atom stereocenters. The maximum Gasteiger partial charge on any atom is 0.221 e. The Balaban J connectivity index is 1.46. The maximum atomic E-state index is 12.8. The minimum atomic E-state index is -0.776. The van der Waals surface area contributed by atoms with Crippen molar-refractivity contribution in [1.29, 1.82) is 0 Å². The minimum Gasteiger partial charge on any atom is -0.497 e. The molecule has 1 aromatic heterocycles. The number of carbonyl (C=O) groups excluding carboxylic acids is 1. The lowest BCUT2D eigenvalue weighted by atomic mass is 10.1. The van der Waals surface area contributed by atoms with Crippen LogP contribution in [0.5, 0.6) is 11.5 Å². The van der Waals surface area contributed by atoms with Crippen LogP contribution in [-0.4, -0.2) is 47.0 Å². The van der Waals surface area contributed by atoms with Gasteiger partial charge in [0, 0.05) is 23.8 Å². The van der Waals surface area contributed by atoms with Gasteiger partial charge in [0.25, 0.3) is 0 Å². The van der Waals surface area contributed by atoms with Crippen molar-refractivity contribution in [1.82, 2.24) is 20.5 Å². The molecule has 0 radical (unpaired) electrons. The van der Waals surface area contributed by atoms with Crippen molar-refractivity contribution < 1.29 is 19.4 Å². The molecule has 4 rings (SSSR count). The van der Waals surface area contributed by atoms with Crippen LogP contribution in [0.15, 0.2) is 84.0 Å². The fourth-order valence-corrected chi connectivity index (χ4v) is 4.62. The van der Waals surface area contributed by atoms with Gasteiger partial charge in [0.15, 0.2) is 5.82 Å². The molecule has 1 heterocycles. The molecule has 3 N–H and O–H groups in total. The fraction of sp³-hybridized carbons (Fsp3) is 0.222. The van der Waals surface area contributed by atoms with E-state index in [0.29, 0.717) is 11.0 Å². The highest BCUT2D eigenvalue weighted by atomic mass is 32.2. The zero-order chi connectivity index (χ0) is 25.3. The first-order valence-electron chi connectivity index (χ1n) is 11.4. The van der Waals surface area contributed by atoms with Crippen molar-refractivity contribution in [3.05, 3.63) is 90.0 Å². The number of aromatic nitrogens is 3. The van der Waals surface area contributed by atoms with Gasteiger partial charge in [0.1, 0.15) is 11.5 Å². The van der Waals surface area contributed by atoms with Gasteiger partial charge < -0.3 is 19.9 Å². The van der Waals surface area contributed by atoms with Crippen LogP contribution in [0.1, 0.15) is 28.9 Å². The molecule has 9 heteroatoms. The van der Waals surface area contributed by atoms with Crippen LogP contribution < -0.4 is 14.8 Å². The number of carbonyl (C=O) groups is 1. The standard InChI is InChI=1S/C27H28N4O4S/c1-34-21-12-8-19(9-13-21)24(16-25(33)28-17-23(32)18-6-4-3-5-7-18)36-27-29-26(30-31-27)20-10-14-22(35-2)15-11-20/h3-15,23-24,32H,16-17H2,1-2H3,(H,28,33)(H,29,30,31). The van der Waals surface area contributed by atoms with E-state index in [1.54, 1.807) is 14.2 Å². The smallest absolute Gasteiger partial charge is 0.221 e. The Kier molecular flexibility index (Phi) is 8.59. The molecule has 1 amide bonds. The molecular formula is C27H28N4O4S. The Morgan fingerprint density at radius 1 is 0.944 bits per heavy atom. The second kappa shape index (κ2) is 12.2. The van der Waals surface area contributed by atoms with Crippen LogP contribution in [0.25, 0.3) is 11.4 Å². The predicted octanol–water partition coefficient (Wildman–Crippen LogP) is 4.56. The normalized spacial score (nSPS) is 12.5. The zero-order valence-electron chi connectivity index (χ0n) is 20.0. The highest BCUT2D eigenvalue weighted by molar-refractivity contribution is 7.99. The molecular weight excluding hydrogens is 476 g/mol. The Labute approximate surface area is 214 Å². The number of rotatable bonds is 11. The lowest BCUT2D eigenvalue weighted by Crippen LogP contribution is -2.29. The highest BCUT2D eigenvalue weighted by Crippen LogP contribution is 2.37. The first kappa shape index (κ1) is 25.3. The zero-order valence-corrected chi connectivity index (χ0v) is 20.9. The first-order chi connectivity index (χ1) is 17.6. The van der Waals surface area contributed by atoms with Gasteiger partial charge in [-0.15, -0.1) is 5.10 Å². The summed E-state index contributed by atoms with van der Waals surface area (Å²) in [5, 5.41) is 20.8. The SMILES string of the molecule is COc1ccc(-c2nc(SC(CC(=O)NCC(O)c3ccccc3)c3ccc(OC)cc3)n[nH]2)cc1. The number of nitrogens with one attached hydrogen (secondary N) is 2. The van der Waals surface area contributed by atoms with Gasteiger partial charge in [-0.3, -0.25) is 9.89 Å². The van der Waals surface area contributed by atoms with Crippen molar-refractivity contribution in [3.8, 4) is 22.9 Å². The molecule has 4 aromatic rings. The van der Waals surface area contributed by atoms with Crippen molar-refractivity contribution in [2.24, 2.45) is 0 Å². The van der Waals surface area contributed by atoms with Crippen LogP contribution >= 0.6 is 11.8 Å². The number of benzene rings is 3. The largest absolute Gasteiger partial charge is 0.497 e. The van der Waals surface area contributed by atoms with Gasteiger partial charge in [-0.05, 0) is 47.5 Å². The first-order valence-corrected chi connectivity index (χ1v) is 12.3. The van der Waals surface area contributed by atoms with Gasteiger partial charge in [-0.25, -0.2) is 4.98 Å². The number of ether oxygens (including phenoxy) is 2. The Bertz CT molecular complexity index is 1250. The Morgan fingerprint density at radius 2 is 1.58 bits per heavy atom. The van der Waals surface area contributed by atoms with Crippen molar-refractivity contribution >= 4 is 17.7 Å². The summed E-state index contributed by atoms with van der Waals surface area (Å²) in [6, 6.07) is 24.4. The summed E-state index contributed by atoms with van der Waals surface area (Å²) in [6.07, 6.45) is -0.590. The summed E-state index contributed by atoms with van der Waals surface area (Å²) in [4.78, 5) is 17.5. The molecule has 0 aliphatic carbocycles. The van der Waals surface area contributed by atoms with Crippen molar-refractivity contribution in [2.45, 2.75) is 22.9 Å². The van der Waals surface area contributed by atoms with E-state index in [2.05, 4.69) is 20.5 Å². The van der Waals surface area contributed by atoms with Crippen LogP contribution in [0.4, 0.5) is 0 Å². The van der Waals surface area contributed by atoms with E-state index in [0.717, 1.165) is 28.2 Å². The van der Waals surface area contributed by atoms with E-state index in [9.17, 15) is 9.90 Å². The van der Waals surface area contributed by atoms with Gasteiger partial charge in [-0.1, -0.05) is 54.2 Å². The fourth-order valence-electron chi connectivity index (χ4n) is 3.59. The Hall–Kier alpha value is -3.82. The second-order valence-electron chi connectivity index (χ2n) is 8.01. The molecule has 0 saturated heterocycles. The van der Waals surface area contributed by atoms with Crippen LogP contribution in [0, 0.1) is 0 Å². The molecule has 36 heavy (non-hydrogen) atoms. The summed E-state index contributed by atoms with van der Waals surface area (Å²) < 4.78 is 10.5. The summed E-state index contributed by atoms with van der Waals surface area (Å²) in [5.74, 6) is 1.95. The number of hydrogen-bond donors (Lipinski definition) is 3. The van der Waals surface area contributed by atoms with Gasteiger partial charge in [0.05, 0.1) is 20.3 Å². The number of hydrogen-bond acceptors (Lipinski definition) is 7. The third-order valence-corrected chi connectivity index (χ3v) is 6.73. The number of H-pyrrole nitrogens is 1. The number of amides is 1. The van der Waals surface area contributed by atoms with Gasteiger partial charge in [-0.2, -0.15) is 0 Å². The van der Waals surface area contributed by atoms with E-state index in [4.69, 9.17) is 9.47 Å². The predicted molar refractivity (Wildman–Crippen MR) is 139 cm³/mol. The summed E-state index contributed by atoms with van der Waals surface area (Å²) >= 11 is 1.40. The van der Waals surface area contributed by atoms with Crippen molar-refractivity contribution in [3.63, 3.8) is 0 Å². The van der Waals surface area contributed by atoms with Crippen LogP contribution in [0.2, 0.25) is 0 Å². The third-order valence-electron chi connectivity index (χ3n) is 5.61. The molecule has 3 aromatic carbocycles. The average molecular weight is 505 g/mol. The van der Waals surface area contributed by atoms with E-state index >= 15 is 0 Å². The molecule has 0 bridgehead atoms. The van der Waals surface area contributed by atoms with Gasteiger partial charge in [0.2, 0.25) is 11.1 Å². The topological polar surface area (TPSA) is 109 Å². The minimum absolute atomic E-state index is 0.130. The Morgan fingerprint density at radius 3 is 2.22 bits per heavy atom. The molecule has 8 nitrogen and oxygen atoms in total. The molecule has 2 unspecified atom stereocenters. The number of nitrogens with zero attached hydrogens (tertiary/aromatic N) is 2. The van der Waals surface area contributed by atoms with Crippen molar-refractivity contribution in [2.75, 3.05) is 20.8 Å². The van der Waals surface area contributed by atoms with E-state index < -0.39 is 6.10 Å². The van der Waals surface area contributed by atoms with E-state index in [-0.39, 0.29) is 24.1 Å². The lowest BCUT2D eigenvalue weighted by molar-refractivity contribution is -0.121. The number of aliphatic hydroxyl groups is 1. The molecule has 186 valence electrons. The lowest BCUT2D eigenvalue weighted by Gasteiger charge is -2.17. The average Bonchev–Trinajstić information content (AvgIpc) is 3.40. The van der Waals surface area contributed by atoms with Gasteiger partial charge >= 0.3 is 0 Å². The quantitative estimate of drug-likeness (QED) is 0.257. The number of aromatic amines is 1. The number of aliphatic hydroxyl groups excluding tert-OH is 1. The van der Waals surface area contributed by atoms with Crippen LogP contribution in [-0.2, 0) is 4.79 Å². The molecule has 0 saturated carbocycles. The summed E-state index contributed by atoms with van der Waals surface area (Å²) in [5.41, 5.74) is 2.57. The number of thioether (sulfide) groups is 1. The molecule has 0 fully saturated rings.